The van der Waals surface area contributed by atoms with Crippen molar-refractivity contribution in [2.24, 2.45) is 5.92 Å². The molecule has 0 aromatic heterocycles. The molecule has 1 aliphatic heterocycles. The van der Waals surface area contributed by atoms with Gasteiger partial charge in [-0.2, -0.15) is 5.26 Å². The highest BCUT2D eigenvalue weighted by Crippen LogP contribution is 2.28. The second kappa shape index (κ2) is 14.0. The van der Waals surface area contributed by atoms with Gasteiger partial charge >= 0.3 is 0 Å². The third kappa shape index (κ3) is 8.44. The Morgan fingerprint density at radius 3 is 2.21 bits per heavy atom. The van der Waals surface area contributed by atoms with Crippen molar-refractivity contribution >= 4 is 23.2 Å². The molecule has 3 N–H and O–H groups in total. The van der Waals surface area contributed by atoms with E-state index in [4.69, 9.17) is 5.41 Å². The van der Waals surface area contributed by atoms with Crippen LogP contribution in [-0.4, -0.2) is 66.4 Å². The van der Waals surface area contributed by atoms with Gasteiger partial charge in [0.1, 0.15) is 5.82 Å². The Balaban J connectivity index is 1.56. The predicted octanol–water partition coefficient (Wildman–Crippen LogP) is 4.28. The van der Waals surface area contributed by atoms with Gasteiger partial charge in [-0.1, -0.05) is 12.1 Å². The van der Waals surface area contributed by atoms with E-state index in [1.807, 2.05) is 18.3 Å². The zero-order valence-electron chi connectivity index (χ0n) is 22.9. The molecule has 0 amide bonds. The number of quaternary nitrogens is 1. The fourth-order valence-electron chi connectivity index (χ4n) is 5.38. The third-order valence-corrected chi connectivity index (χ3v) is 7.67. The summed E-state index contributed by atoms with van der Waals surface area (Å²) in [5, 5.41) is 30.6. The topological polar surface area (TPSA) is 117 Å². The van der Waals surface area contributed by atoms with Crippen LogP contribution >= 0.6 is 0 Å². The van der Waals surface area contributed by atoms with Crippen LogP contribution in [0.2, 0.25) is 0 Å². The van der Waals surface area contributed by atoms with Crippen molar-refractivity contribution in [3.05, 3.63) is 65.0 Å². The molecule has 1 heterocycles. The molecular formula is C30H39FN5O3+. The van der Waals surface area contributed by atoms with Crippen LogP contribution < -0.4 is 10.2 Å². The minimum Gasteiger partial charge on any atom is -0.396 e. The van der Waals surface area contributed by atoms with Crippen LogP contribution in [0, 0.1) is 28.6 Å². The number of Topliss-reactive ketones (excluding diaryl/α,β-unsaturated/α-hetero) is 2. The number of carbonyl (C=O) groups is 2. The van der Waals surface area contributed by atoms with Crippen molar-refractivity contribution in [1.82, 2.24) is 5.32 Å². The van der Waals surface area contributed by atoms with Crippen molar-refractivity contribution in [3.63, 3.8) is 0 Å². The van der Waals surface area contributed by atoms with Crippen molar-refractivity contribution in [3.8, 4) is 6.19 Å². The number of benzene rings is 2. The van der Waals surface area contributed by atoms with Gasteiger partial charge in [0.05, 0.1) is 31.9 Å². The van der Waals surface area contributed by atoms with Gasteiger partial charge in [-0.25, -0.2) is 9.29 Å². The second-order valence-electron chi connectivity index (χ2n) is 10.5. The maximum absolute atomic E-state index is 13.2. The van der Waals surface area contributed by atoms with Crippen LogP contribution in [0.25, 0.3) is 0 Å². The second-order valence-corrected chi connectivity index (χ2v) is 10.5. The third-order valence-electron chi connectivity index (χ3n) is 7.67. The van der Waals surface area contributed by atoms with E-state index in [9.17, 15) is 24.3 Å². The Morgan fingerprint density at radius 2 is 1.67 bits per heavy atom. The van der Waals surface area contributed by atoms with E-state index in [1.54, 1.807) is 0 Å². The summed E-state index contributed by atoms with van der Waals surface area (Å²) in [4.78, 5) is 24.9. The summed E-state index contributed by atoms with van der Waals surface area (Å²) in [6, 6.07) is 11.3. The fraction of sp³-hybridized carbons (Fsp3) is 0.467. The van der Waals surface area contributed by atoms with Gasteiger partial charge in [0.25, 0.3) is 0 Å². The number of likely N-dealkylation sites (tertiary alicyclic amines) is 1. The highest BCUT2D eigenvalue weighted by molar-refractivity contribution is 6.04. The average molecular weight is 537 g/mol. The Bertz CT molecular complexity index is 1170. The van der Waals surface area contributed by atoms with E-state index in [-0.39, 0.29) is 30.0 Å². The zero-order valence-corrected chi connectivity index (χ0v) is 22.9. The first-order valence-corrected chi connectivity index (χ1v) is 13.6. The van der Waals surface area contributed by atoms with E-state index in [2.05, 4.69) is 5.32 Å². The lowest BCUT2D eigenvalue weighted by Gasteiger charge is -2.44. The molecule has 2 aromatic carbocycles. The predicted molar refractivity (Wildman–Crippen MR) is 149 cm³/mol. The molecule has 1 saturated heterocycles. The summed E-state index contributed by atoms with van der Waals surface area (Å²) < 4.78 is 14.2. The number of hydrogen-bond acceptors (Lipinski definition) is 5. The minimum atomic E-state index is -0.227. The lowest BCUT2D eigenvalue weighted by Crippen LogP contribution is -2.55. The molecule has 9 heteroatoms. The van der Waals surface area contributed by atoms with Gasteiger partial charge in [-0.15, -0.1) is 0 Å². The van der Waals surface area contributed by atoms with Gasteiger partial charge in [0.2, 0.25) is 5.96 Å². The minimum absolute atomic E-state index is 0.118. The largest absolute Gasteiger partial charge is 0.396 e. The number of nitriles is 1. The van der Waals surface area contributed by atoms with E-state index in [0.29, 0.717) is 29.3 Å². The quantitative estimate of drug-likeness (QED) is 0.0709. The first-order valence-electron chi connectivity index (χ1n) is 13.6. The number of carbonyl (C=O) groups excluding carboxylic acids is 2. The van der Waals surface area contributed by atoms with Crippen LogP contribution in [0.15, 0.2) is 42.5 Å². The van der Waals surface area contributed by atoms with Gasteiger partial charge in [0, 0.05) is 37.1 Å². The van der Waals surface area contributed by atoms with Crippen molar-refractivity contribution in [2.45, 2.75) is 46.0 Å². The number of ketones is 2. The normalized spacial score (nSPS) is 18.7. The zero-order chi connectivity index (χ0) is 28.4. The Hall–Kier alpha value is -3.61. The highest BCUT2D eigenvalue weighted by atomic mass is 19.1. The summed E-state index contributed by atoms with van der Waals surface area (Å²) in [5.41, 5.74) is 2.07. The summed E-state index contributed by atoms with van der Waals surface area (Å²) in [5.74, 6) is -0.234. The van der Waals surface area contributed by atoms with Crippen molar-refractivity contribution in [1.29, 1.82) is 10.7 Å². The van der Waals surface area contributed by atoms with Gasteiger partial charge in [-0.3, -0.25) is 15.0 Å². The molecular weight excluding hydrogens is 497 g/mol. The molecule has 0 radical (unpaired) electrons. The van der Waals surface area contributed by atoms with Gasteiger partial charge in [0.15, 0.2) is 17.8 Å². The maximum Gasteiger partial charge on any atom is 0.209 e. The maximum atomic E-state index is 13.2. The molecule has 0 bridgehead atoms. The van der Waals surface area contributed by atoms with Crippen LogP contribution in [0.1, 0.15) is 65.8 Å². The lowest BCUT2D eigenvalue weighted by molar-refractivity contribution is -0.934. The molecule has 0 aliphatic carbocycles. The van der Waals surface area contributed by atoms with Crippen LogP contribution in [0.5, 0.6) is 0 Å². The Morgan fingerprint density at radius 1 is 1.08 bits per heavy atom. The molecule has 8 nitrogen and oxygen atoms in total. The first-order chi connectivity index (χ1) is 18.7. The van der Waals surface area contributed by atoms with Gasteiger partial charge < -0.3 is 14.9 Å². The summed E-state index contributed by atoms with van der Waals surface area (Å²) in [6.07, 6.45) is 6.57. The Labute approximate surface area is 230 Å². The smallest absolute Gasteiger partial charge is 0.209 e. The number of rotatable bonds is 12. The van der Waals surface area contributed by atoms with E-state index in [0.717, 1.165) is 73.2 Å². The van der Waals surface area contributed by atoms with E-state index >= 15 is 0 Å². The number of aliphatic hydroxyl groups excluding tert-OH is 1. The van der Waals surface area contributed by atoms with Crippen molar-refractivity contribution in [2.75, 3.05) is 44.2 Å². The van der Waals surface area contributed by atoms with Crippen LogP contribution in [0.3, 0.4) is 0 Å². The molecule has 208 valence electrons. The summed E-state index contributed by atoms with van der Waals surface area (Å²) in [6.45, 7) is 7.24. The molecule has 0 spiro atoms. The van der Waals surface area contributed by atoms with E-state index < -0.39 is 0 Å². The number of hydrogen-bond donors (Lipinski definition) is 3. The average Bonchev–Trinajstić information content (AvgIpc) is 2.92. The number of guanidine groups is 1. The Kier molecular flexibility index (Phi) is 10.7. The number of nitrogens with zero attached hydrogens (tertiary/aromatic N) is 3. The number of anilines is 1. The molecule has 0 atom stereocenters. The SMILES string of the molecule is CC(=O)c1cc(C(C)=O)cc(N(C#N)C(=N)NCCC[N+]2(CCCO)CCC(Cc3ccc(F)cc3)CC2)c1. The molecule has 3 rings (SSSR count). The standard InChI is InChI=1S/C30H39FN5O3/c1-22(38)26-18-27(23(2)39)20-29(19-26)35(21-32)30(33)34-11-3-12-36(13-4-16-37)14-9-25(10-15-36)17-24-5-7-28(31)8-6-24/h5-8,18-20,25,37H,3-4,9-17H2,1-2H3,(H2,33,34)/q+1. The highest BCUT2D eigenvalue weighted by Gasteiger charge is 2.33. The molecule has 1 fully saturated rings. The van der Waals surface area contributed by atoms with Gasteiger partial charge in [-0.05, 0) is 74.9 Å². The number of halogens is 1. The number of aliphatic hydroxyl groups is 1. The van der Waals surface area contributed by atoms with Crippen LogP contribution in [0.4, 0.5) is 10.1 Å². The molecule has 0 saturated carbocycles. The summed E-state index contributed by atoms with van der Waals surface area (Å²) in [7, 11) is 0. The molecule has 39 heavy (non-hydrogen) atoms. The molecule has 1 aliphatic rings. The first kappa shape index (κ1) is 29.9. The monoisotopic (exact) mass is 536 g/mol. The lowest BCUT2D eigenvalue weighted by atomic mass is 9.88. The fourth-order valence-corrected chi connectivity index (χ4v) is 5.38. The summed E-state index contributed by atoms with van der Waals surface area (Å²) >= 11 is 0. The number of piperidine rings is 1. The van der Waals surface area contributed by atoms with Crippen molar-refractivity contribution < 1.29 is 23.6 Å². The van der Waals surface area contributed by atoms with Crippen LogP contribution in [-0.2, 0) is 6.42 Å². The molecule has 0 unspecified atom stereocenters. The number of nitrogens with one attached hydrogen (secondary N) is 2. The van der Waals surface area contributed by atoms with E-state index in [1.165, 1.54) is 44.2 Å². The molecule has 2 aromatic rings.